The summed E-state index contributed by atoms with van der Waals surface area (Å²) in [6, 6.07) is 6.50. The van der Waals surface area contributed by atoms with E-state index in [1.807, 2.05) is 7.05 Å². The van der Waals surface area contributed by atoms with Crippen molar-refractivity contribution in [3.05, 3.63) is 28.2 Å². The van der Waals surface area contributed by atoms with Gasteiger partial charge in [0.15, 0.2) is 0 Å². The number of nitrogens with one attached hydrogen (secondary N) is 1. The third-order valence-electron chi connectivity index (χ3n) is 2.86. The molecule has 1 N–H and O–H groups in total. The Morgan fingerprint density at radius 2 is 2.06 bits per heavy atom. The molecule has 1 aromatic carbocycles. The fraction of sp³-hybridized carbons (Fsp3) is 0.571. The molecule has 0 fully saturated rings. The molecular formula is C14H23BrN2. The van der Waals surface area contributed by atoms with Gasteiger partial charge in [0.1, 0.15) is 0 Å². The van der Waals surface area contributed by atoms with Gasteiger partial charge in [-0.2, -0.15) is 0 Å². The van der Waals surface area contributed by atoms with Crippen LogP contribution in [0.1, 0.15) is 25.8 Å². The smallest absolute Gasteiger partial charge is 0.0410 e. The molecule has 0 aromatic heterocycles. The number of nitrogens with zero attached hydrogens (tertiary/aromatic N) is 1. The fourth-order valence-electron chi connectivity index (χ4n) is 1.83. The Balaban J connectivity index is 2.80. The van der Waals surface area contributed by atoms with Gasteiger partial charge >= 0.3 is 0 Å². The highest BCUT2D eigenvalue weighted by Crippen LogP contribution is 2.24. The van der Waals surface area contributed by atoms with Crippen LogP contribution < -0.4 is 10.2 Å². The standard InChI is InChI=1S/C14H23BrN2/c1-11(2)7-8-17(4)14-6-5-13(15)9-12(14)10-16-3/h5-6,9,11,16H,7-8,10H2,1-4H3. The summed E-state index contributed by atoms with van der Waals surface area (Å²) >= 11 is 3.53. The molecule has 0 unspecified atom stereocenters. The molecule has 0 bridgehead atoms. The summed E-state index contributed by atoms with van der Waals surface area (Å²) < 4.78 is 1.14. The highest BCUT2D eigenvalue weighted by atomic mass is 79.9. The minimum Gasteiger partial charge on any atom is -0.374 e. The van der Waals surface area contributed by atoms with Crippen molar-refractivity contribution in [2.24, 2.45) is 5.92 Å². The average molecular weight is 299 g/mol. The fourth-order valence-corrected chi connectivity index (χ4v) is 2.24. The molecule has 3 heteroatoms. The van der Waals surface area contributed by atoms with Gasteiger partial charge in [0, 0.05) is 30.3 Å². The monoisotopic (exact) mass is 298 g/mol. The summed E-state index contributed by atoms with van der Waals surface area (Å²) in [5.74, 6) is 0.751. The molecule has 0 aliphatic rings. The van der Waals surface area contributed by atoms with Crippen LogP contribution in [0, 0.1) is 5.92 Å². The lowest BCUT2D eigenvalue weighted by Crippen LogP contribution is -2.22. The Bertz CT molecular complexity index is 350. The Morgan fingerprint density at radius 3 is 2.65 bits per heavy atom. The van der Waals surface area contributed by atoms with Crippen LogP contribution >= 0.6 is 15.9 Å². The highest BCUT2D eigenvalue weighted by molar-refractivity contribution is 9.10. The maximum atomic E-state index is 3.53. The molecule has 0 radical (unpaired) electrons. The zero-order valence-electron chi connectivity index (χ0n) is 11.3. The molecule has 0 amide bonds. The average Bonchev–Trinajstić information content (AvgIpc) is 2.26. The summed E-state index contributed by atoms with van der Waals surface area (Å²) in [4.78, 5) is 2.35. The number of halogens is 1. The molecule has 17 heavy (non-hydrogen) atoms. The first-order valence-corrected chi connectivity index (χ1v) is 6.98. The predicted octanol–water partition coefficient (Wildman–Crippen LogP) is 3.65. The van der Waals surface area contributed by atoms with E-state index in [4.69, 9.17) is 0 Å². The minimum absolute atomic E-state index is 0.751. The van der Waals surface area contributed by atoms with Crippen molar-refractivity contribution in [1.82, 2.24) is 5.32 Å². The molecule has 96 valence electrons. The van der Waals surface area contributed by atoms with Gasteiger partial charge < -0.3 is 10.2 Å². The van der Waals surface area contributed by atoms with Crippen molar-refractivity contribution >= 4 is 21.6 Å². The molecule has 2 nitrogen and oxygen atoms in total. The number of rotatable bonds is 6. The van der Waals surface area contributed by atoms with Crippen molar-refractivity contribution in [2.45, 2.75) is 26.8 Å². The summed E-state index contributed by atoms with van der Waals surface area (Å²) in [6.45, 7) is 6.55. The Hall–Kier alpha value is -0.540. The van der Waals surface area contributed by atoms with Gasteiger partial charge in [0.05, 0.1) is 0 Å². The quantitative estimate of drug-likeness (QED) is 0.862. The second-order valence-corrected chi connectivity index (χ2v) is 5.82. The first kappa shape index (κ1) is 14.5. The van der Waals surface area contributed by atoms with E-state index in [1.54, 1.807) is 0 Å². The van der Waals surface area contributed by atoms with Gasteiger partial charge in [0.25, 0.3) is 0 Å². The van der Waals surface area contributed by atoms with E-state index in [2.05, 4.69) is 65.2 Å². The van der Waals surface area contributed by atoms with Crippen molar-refractivity contribution in [2.75, 3.05) is 25.5 Å². The molecule has 0 aliphatic carbocycles. The lowest BCUT2D eigenvalue weighted by Gasteiger charge is -2.23. The largest absolute Gasteiger partial charge is 0.374 e. The Kier molecular flexibility index (Phi) is 6.00. The van der Waals surface area contributed by atoms with Crippen molar-refractivity contribution in [3.63, 3.8) is 0 Å². The van der Waals surface area contributed by atoms with Gasteiger partial charge in [0.2, 0.25) is 0 Å². The molecule has 0 atom stereocenters. The first-order chi connectivity index (χ1) is 8.04. The molecule has 0 saturated carbocycles. The van der Waals surface area contributed by atoms with Crippen LogP contribution in [0.5, 0.6) is 0 Å². The van der Waals surface area contributed by atoms with E-state index in [0.29, 0.717) is 0 Å². The molecular weight excluding hydrogens is 276 g/mol. The van der Waals surface area contributed by atoms with Gasteiger partial charge in [-0.1, -0.05) is 29.8 Å². The first-order valence-electron chi connectivity index (χ1n) is 6.18. The molecule has 0 saturated heterocycles. The van der Waals surface area contributed by atoms with Gasteiger partial charge in [-0.15, -0.1) is 0 Å². The SMILES string of the molecule is CNCc1cc(Br)ccc1N(C)CCC(C)C. The van der Waals surface area contributed by atoms with Crippen molar-refractivity contribution in [1.29, 1.82) is 0 Å². The topological polar surface area (TPSA) is 15.3 Å². The third kappa shape index (κ3) is 4.68. The summed E-state index contributed by atoms with van der Waals surface area (Å²) in [5.41, 5.74) is 2.66. The van der Waals surface area contributed by atoms with E-state index >= 15 is 0 Å². The molecule has 0 spiro atoms. The summed E-state index contributed by atoms with van der Waals surface area (Å²) in [6.07, 6.45) is 1.23. The normalized spacial score (nSPS) is 10.9. The van der Waals surface area contributed by atoms with Crippen molar-refractivity contribution in [3.8, 4) is 0 Å². The Labute approximate surface area is 114 Å². The van der Waals surface area contributed by atoms with Crippen molar-refractivity contribution < 1.29 is 0 Å². The second kappa shape index (κ2) is 7.02. The van der Waals surface area contributed by atoms with Crippen LogP contribution in [-0.2, 0) is 6.54 Å². The molecule has 1 rings (SSSR count). The van der Waals surface area contributed by atoms with E-state index < -0.39 is 0 Å². The lowest BCUT2D eigenvalue weighted by molar-refractivity contribution is 0.584. The summed E-state index contributed by atoms with van der Waals surface area (Å²) in [5, 5.41) is 3.22. The second-order valence-electron chi connectivity index (χ2n) is 4.91. The van der Waals surface area contributed by atoms with Crippen LogP contribution in [0.2, 0.25) is 0 Å². The summed E-state index contributed by atoms with van der Waals surface area (Å²) in [7, 11) is 4.16. The van der Waals surface area contributed by atoms with Gasteiger partial charge in [-0.05, 0) is 43.1 Å². The number of benzene rings is 1. The Morgan fingerprint density at radius 1 is 1.35 bits per heavy atom. The number of hydrogen-bond donors (Lipinski definition) is 1. The highest BCUT2D eigenvalue weighted by Gasteiger charge is 2.08. The van der Waals surface area contributed by atoms with E-state index in [-0.39, 0.29) is 0 Å². The molecule has 0 aliphatic heterocycles. The van der Waals surface area contributed by atoms with Crippen LogP contribution in [0.4, 0.5) is 5.69 Å². The molecule has 0 heterocycles. The maximum Gasteiger partial charge on any atom is 0.0410 e. The zero-order valence-corrected chi connectivity index (χ0v) is 12.8. The van der Waals surface area contributed by atoms with Gasteiger partial charge in [-0.25, -0.2) is 0 Å². The number of anilines is 1. The van der Waals surface area contributed by atoms with E-state index in [1.165, 1.54) is 17.7 Å². The maximum absolute atomic E-state index is 3.53. The van der Waals surface area contributed by atoms with E-state index in [9.17, 15) is 0 Å². The van der Waals surface area contributed by atoms with Crippen LogP contribution in [0.25, 0.3) is 0 Å². The van der Waals surface area contributed by atoms with Crippen LogP contribution in [-0.4, -0.2) is 20.6 Å². The predicted molar refractivity (Wildman–Crippen MR) is 79.6 cm³/mol. The van der Waals surface area contributed by atoms with Crippen LogP contribution in [0.3, 0.4) is 0 Å². The lowest BCUT2D eigenvalue weighted by atomic mass is 10.1. The van der Waals surface area contributed by atoms with Gasteiger partial charge in [-0.3, -0.25) is 0 Å². The zero-order chi connectivity index (χ0) is 12.8. The third-order valence-corrected chi connectivity index (χ3v) is 3.36. The van der Waals surface area contributed by atoms with Crippen LogP contribution in [0.15, 0.2) is 22.7 Å². The molecule has 1 aromatic rings. The van der Waals surface area contributed by atoms with E-state index in [0.717, 1.165) is 23.5 Å². The number of hydrogen-bond acceptors (Lipinski definition) is 2. The minimum atomic E-state index is 0.751.